The molecule has 0 bridgehead atoms. The fourth-order valence-corrected chi connectivity index (χ4v) is 2.73. The van der Waals surface area contributed by atoms with Crippen LogP contribution >= 0.6 is 11.6 Å². The van der Waals surface area contributed by atoms with Crippen LogP contribution in [0.1, 0.15) is 32.4 Å². The number of carbonyl (C=O) groups excluding carboxylic acids is 1. The zero-order chi connectivity index (χ0) is 17.9. The van der Waals surface area contributed by atoms with Gasteiger partial charge in [-0.15, -0.1) is 0 Å². The Bertz CT molecular complexity index is 594. The number of ether oxygens (including phenoxy) is 1. The summed E-state index contributed by atoms with van der Waals surface area (Å²) in [4.78, 5) is 18.2. The molecule has 0 saturated heterocycles. The minimum Gasteiger partial charge on any atom is -0.465 e. The maximum absolute atomic E-state index is 11.7. The highest BCUT2D eigenvalue weighted by molar-refractivity contribution is 6.31. The Morgan fingerprint density at radius 1 is 1.38 bits per heavy atom. The summed E-state index contributed by atoms with van der Waals surface area (Å²) in [6.45, 7) is 8.22. The van der Waals surface area contributed by atoms with Crippen LogP contribution in [0.4, 0.5) is 0 Å². The molecule has 0 aromatic heterocycles. The van der Waals surface area contributed by atoms with Crippen LogP contribution in [0.15, 0.2) is 29.3 Å². The van der Waals surface area contributed by atoms with E-state index in [0.717, 1.165) is 18.7 Å². The van der Waals surface area contributed by atoms with Crippen molar-refractivity contribution in [3.05, 3.63) is 34.9 Å². The Morgan fingerprint density at radius 2 is 2.04 bits per heavy atom. The third kappa shape index (κ3) is 5.63. The standard InChI is InChI=1S/C18H24ClN3O2/c1-4-22(5-2)17(15-9-7-8-10-16(15)19)13-21-12-14(11-20)18(23)24-6-3/h7-10,12,14,17H,4-6,13H2,1-3H3/t14?,17-/m0/s1. The quantitative estimate of drug-likeness (QED) is 0.505. The van der Waals surface area contributed by atoms with Gasteiger partial charge in [-0.3, -0.25) is 14.7 Å². The number of carbonyl (C=O) groups is 1. The summed E-state index contributed by atoms with van der Waals surface area (Å²) in [6.07, 6.45) is 1.37. The first-order chi connectivity index (χ1) is 11.6. The summed E-state index contributed by atoms with van der Waals surface area (Å²) in [5.41, 5.74) is 0.990. The number of benzene rings is 1. The fourth-order valence-electron chi connectivity index (χ4n) is 2.47. The average Bonchev–Trinajstić information content (AvgIpc) is 2.59. The molecule has 24 heavy (non-hydrogen) atoms. The highest BCUT2D eigenvalue weighted by Crippen LogP contribution is 2.27. The van der Waals surface area contributed by atoms with Gasteiger partial charge in [-0.25, -0.2) is 0 Å². The largest absolute Gasteiger partial charge is 0.465 e. The Balaban J connectivity index is 2.94. The van der Waals surface area contributed by atoms with Crippen LogP contribution in [0, 0.1) is 17.2 Å². The summed E-state index contributed by atoms with van der Waals surface area (Å²) in [6, 6.07) is 9.56. The predicted molar refractivity (Wildman–Crippen MR) is 96.2 cm³/mol. The lowest BCUT2D eigenvalue weighted by Crippen LogP contribution is -2.31. The molecule has 1 unspecified atom stereocenters. The number of rotatable bonds is 9. The molecule has 2 atom stereocenters. The van der Waals surface area contributed by atoms with E-state index in [2.05, 4.69) is 23.7 Å². The van der Waals surface area contributed by atoms with E-state index in [9.17, 15) is 4.79 Å². The average molecular weight is 350 g/mol. The van der Waals surface area contributed by atoms with Crippen molar-refractivity contribution in [2.45, 2.75) is 26.8 Å². The smallest absolute Gasteiger partial charge is 0.328 e. The number of nitrogens with zero attached hydrogens (tertiary/aromatic N) is 3. The zero-order valence-corrected chi connectivity index (χ0v) is 15.2. The summed E-state index contributed by atoms with van der Waals surface area (Å²) in [5.74, 6) is -1.55. The van der Waals surface area contributed by atoms with Gasteiger partial charge in [0.2, 0.25) is 0 Å². The van der Waals surface area contributed by atoms with Crippen LogP contribution in [0.2, 0.25) is 5.02 Å². The highest BCUT2D eigenvalue weighted by atomic mass is 35.5. The van der Waals surface area contributed by atoms with Crippen LogP contribution < -0.4 is 0 Å². The minimum absolute atomic E-state index is 0.00788. The molecule has 0 aliphatic carbocycles. The fraction of sp³-hybridized carbons (Fsp3) is 0.500. The second kappa shape index (κ2) is 10.8. The van der Waals surface area contributed by atoms with E-state index in [1.54, 1.807) is 6.92 Å². The number of hydrogen-bond acceptors (Lipinski definition) is 5. The Labute approximate surface area is 148 Å². The van der Waals surface area contributed by atoms with E-state index in [1.807, 2.05) is 30.3 Å². The molecule has 0 aliphatic rings. The van der Waals surface area contributed by atoms with E-state index >= 15 is 0 Å². The normalized spacial score (nSPS) is 13.7. The predicted octanol–water partition coefficient (Wildman–Crippen LogP) is 3.50. The minimum atomic E-state index is -0.978. The summed E-state index contributed by atoms with van der Waals surface area (Å²) < 4.78 is 4.86. The molecule has 0 spiro atoms. The molecule has 6 heteroatoms. The van der Waals surface area contributed by atoms with Crippen LogP contribution in [0.3, 0.4) is 0 Å². The molecular weight excluding hydrogens is 326 g/mol. The van der Waals surface area contributed by atoms with Crippen molar-refractivity contribution in [3.63, 3.8) is 0 Å². The lowest BCUT2D eigenvalue weighted by Gasteiger charge is -2.29. The lowest BCUT2D eigenvalue weighted by atomic mass is 10.0. The van der Waals surface area contributed by atoms with Crippen LogP contribution in [-0.4, -0.2) is 43.3 Å². The third-order valence-electron chi connectivity index (χ3n) is 3.73. The van der Waals surface area contributed by atoms with Gasteiger partial charge in [0.05, 0.1) is 25.3 Å². The van der Waals surface area contributed by atoms with Crippen LogP contribution in [0.25, 0.3) is 0 Å². The SMILES string of the molecule is CCOC(=O)C(C#N)C=NC[C@@H](c1ccccc1Cl)N(CC)CC. The van der Waals surface area contributed by atoms with Gasteiger partial charge in [0.25, 0.3) is 0 Å². The molecule has 0 amide bonds. The molecule has 0 radical (unpaired) electrons. The van der Waals surface area contributed by atoms with Crippen molar-refractivity contribution >= 4 is 23.8 Å². The van der Waals surface area contributed by atoms with Crippen molar-refractivity contribution in [1.82, 2.24) is 4.90 Å². The molecule has 0 fully saturated rings. The number of aliphatic imine (C=N–C) groups is 1. The Morgan fingerprint density at radius 3 is 2.58 bits per heavy atom. The molecule has 0 heterocycles. The molecule has 0 N–H and O–H groups in total. The van der Waals surface area contributed by atoms with Gasteiger partial charge in [0.15, 0.2) is 5.92 Å². The monoisotopic (exact) mass is 349 g/mol. The van der Waals surface area contributed by atoms with Gasteiger partial charge in [-0.2, -0.15) is 5.26 Å². The molecule has 1 rings (SSSR count). The van der Waals surface area contributed by atoms with E-state index in [0.29, 0.717) is 11.6 Å². The molecule has 5 nitrogen and oxygen atoms in total. The van der Waals surface area contributed by atoms with E-state index < -0.39 is 11.9 Å². The molecule has 1 aromatic carbocycles. The van der Waals surface area contributed by atoms with Gasteiger partial charge in [0.1, 0.15) is 0 Å². The number of esters is 1. The van der Waals surface area contributed by atoms with Gasteiger partial charge in [-0.1, -0.05) is 43.6 Å². The number of halogens is 1. The van der Waals surface area contributed by atoms with Crippen molar-refractivity contribution in [1.29, 1.82) is 5.26 Å². The number of nitriles is 1. The second-order valence-corrected chi connectivity index (χ2v) is 5.54. The first-order valence-electron chi connectivity index (χ1n) is 8.13. The zero-order valence-electron chi connectivity index (χ0n) is 14.4. The first-order valence-corrected chi connectivity index (χ1v) is 8.51. The number of hydrogen-bond donors (Lipinski definition) is 0. The molecule has 1 aromatic rings. The van der Waals surface area contributed by atoms with Crippen molar-refractivity contribution in [2.75, 3.05) is 26.2 Å². The highest BCUT2D eigenvalue weighted by Gasteiger charge is 2.21. The van der Waals surface area contributed by atoms with Crippen molar-refractivity contribution in [2.24, 2.45) is 10.9 Å². The lowest BCUT2D eigenvalue weighted by molar-refractivity contribution is -0.143. The summed E-state index contributed by atoms with van der Waals surface area (Å²) >= 11 is 6.33. The van der Waals surface area contributed by atoms with Crippen molar-refractivity contribution < 1.29 is 9.53 Å². The maximum Gasteiger partial charge on any atom is 0.328 e. The van der Waals surface area contributed by atoms with Gasteiger partial charge in [-0.05, 0) is 31.6 Å². The third-order valence-corrected chi connectivity index (χ3v) is 4.07. The van der Waals surface area contributed by atoms with Gasteiger partial charge < -0.3 is 4.74 Å². The topological polar surface area (TPSA) is 65.7 Å². The van der Waals surface area contributed by atoms with E-state index in [-0.39, 0.29) is 12.6 Å². The molecule has 0 aliphatic heterocycles. The van der Waals surface area contributed by atoms with Crippen LogP contribution in [-0.2, 0) is 9.53 Å². The van der Waals surface area contributed by atoms with Gasteiger partial charge in [0, 0.05) is 11.2 Å². The van der Waals surface area contributed by atoms with Crippen molar-refractivity contribution in [3.8, 4) is 6.07 Å². The van der Waals surface area contributed by atoms with E-state index in [4.69, 9.17) is 21.6 Å². The summed E-state index contributed by atoms with van der Waals surface area (Å²) in [5, 5.41) is 9.76. The Hall–Kier alpha value is -1.90. The Kier molecular flexibility index (Phi) is 9.06. The molecule has 0 saturated carbocycles. The van der Waals surface area contributed by atoms with E-state index in [1.165, 1.54) is 6.21 Å². The second-order valence-electron chi connectivity index (χ2n) is 5.13. The first kappa shape index (κ1) is 20.1. The maximum atomic E-state index is 11.7. The number of likely N-dealkylation sites (N-methyl/N-ethyl adjacent to an activating group) is 1. The molecular formula is C18H24ClN3O2. The molecule has 130 valence electrons. The summed E-state index contributed by atoms with van der Waals surface area (Å²) in [7, 11) is 0. The van der Waals surface area contributed by atoms with Crippen LogP contribution in [0.5, 0.6) is 0 Å². The van der Waals surface area contributed by atoms with Gasteiger partial charge >= 0.3 is 5.97 Å².